The Morgan fingerprint density at radius 1 is 1.24 bits per heavy atom. The molecule has 2 aromatic rings. The Labute approximate surface area is 123 Å². The maximum atomic E-state index is 11.4. The van der Waals surface area contributed by atoms with E-state index in [1.54, 1.807) is 12.3 Å². The largest absolute Gasteiger partial charge is 0.293 e. The topological polar surface area (TPSA) is 71.2 Å². The molecule has 1 aliphatic rings. The SMILES string of the molecule is NNC(=O)c1ccc(CN2CCc3ccccc3C2)nc1. The molecule has 0 atom stereocenters. The Morgan fingerprint density at radius 3 is 2.76 bits per heavy atom. The Kier molecular flexibility index (Phi) is 3.94. The van der Waals surface area contributed by atoms with E-state index in [0.29, 0.717) is 5.56 Å². The molecule has 1 amide bonds. The van der Waals surface area contributed by atoms with Crippen LogP contribution in [0.25, 0.3) is 0 Å². The minimum Gasteiger partial charge on any atom is -0.293 e. The third-order valence-corrected chi connectivity index (χ3v) is 3.81. The van der Waals surface area contributed by atoms with Crippen molar-refractivity contribution in [1.82, 2.24) is 15.3 Å². The van der Waals surface area contributed by atoms with E-state index in [2.05, 4.69) is 39.6 Å². The highest BCUT2D eigenvalue weighted by atomic mass is 16.2. The van der Waals surface area contributed by atoms with Crippen LogP contribution in [0.4, 0.5) is 0 Å². The van der Waals surface area contributed by atoms with E-state index in [0.717, 1.165) is 31.7 Å². The molecule has 2 heterocycles. The molecule has 108 valence electrons. The number of nitrogens with two attached hydrogens (primary N) is 1. The number of benzene rings is 1. The van der Waals surface area contributed by atoms with Gasteiger partial charge >= 0.3 is 0 Å². The number of aromatic nitrogens is 1. The van der Waals surface area contributed by atoms with E-state index in [9.17, 15) is 4.79 Å². The smallest absolute Gasteiger partial charge is 0.266 e. The van der Waals surface area contributed by atoms with Crippen molar-refractivity contribution in [3.63, 3.8) is 0 Å². The maximum Gasteiger partial charge on any atom is 0.266 e. The van der Waals surface area contributed by atoms with Gasteiger partial charge in [-0.05, 0) is 29.7 Å². The summed E-state index contributed by atoms with van der Waals surface area (Å²) in [4.78, 5) is 18.1. The lowest BCUT2D eigenvalue weighted by atomic mass is 10.00. The lowest BCUT2D eigenvalue weighted by Crippen LogP contribution is -2.31. The van der Waals surface area contributed by atoms with Crippen molar-refractivity contribution in [2.75, 3.05) is 6.54 Å². The number of fused-ring (bicyclic) bond motifs is 1. The first-order chi connectivity index (χ1) is 10.3. The van der Waals surface area contributed by atoms with Gasteiger partial charge < -0.3 is 0 Å². The van der Waals surface area contributed by atoms with E-state index in [1.165, 1.54) is 11.1 Å². The van der Waals surface area contributed by atoms with Gasteiger partial charge in [0.1, 0.15) is 0 Å². The number of carbonyl (C=O) groups excluding carboxylic acids is 1. The summed E-state index contributed by atoms with van der Waals surface area (Å²) in [7, 11) is 0. The molecule has 0 bridgehead atoms. The lowest BCUT2D eigenvalue weighted by Gasteiger charge is -2.28. The molecule has 1 aromatic heterocycles. The third kappa shape index (κ3) is 3.09. The van der Waals surface area contributed by atoms with Crippen molar-refractivity contribution in [2.45, 2.75) is 19.5 Å². The van der Waals surface area contributed by atoms with Gasteiger partial charge in [-0.2, -0.15) is 0 Å². The number of hydrogen-bond acceptors (Lipinski definition) is 4. The molecule has 0 fully saturated rings. The van der Waals surface area contributed by atoms with Crippen LogP contribution in [0, 0.1) is 0 Å². The quantitative estimate of drug-likeness (QED) is 0.505. The molecule has 21 heavy (non-hydrogen) atoms. The Hall–Kier alpha value is -2.24. The predicted molar refractivity (Wildman–Crippen MR) is 80.2 cm³/mol. The average Bonchev–Trinajstić information content (AvgIpc) is 2.55. The molecule has 1 aromatic carbocycles. The molecule has 0 radical (unpaired) electrons. The summed E-state index contributed by atoms with van der Waals surface area (Å²) in [6, 6.07) is 12.2. The number of nitrogens with one attached hydrogen (secondary N) is 1. The summed E-state index contributed by atoms with van der Waals surface area (Å²) in [6.07, 6.45) is 2.64. The number of hydrogen-bond donors (Lipinski definition) is 2. The van der Waals surface area contributed by atoms with Gasteiger partial charge in [0.25, 0.3) is 5.91 Å². The second-order valence-corrected chi connectivity index (χ2v) is 5.24. The molecule has 0 unspecified atom stereocenters. The number of rotatable bonds is 3. The summed E-state index contributed by atoms with van der Waals surface area (Å²) in [6.45, 7) is 2.77. The van der Waals surface area contributed by atoms with Crippen molar-refractivity contribution in [3.8, 4) is 0 Å². The van der Waals surface area contributed by atoms with Crippen molar-refractivity contribution < 1.29 is 4.79 Å². The van der Waals surface area contributed by atoms with Crippen LogP contribution in [0.1, 0.15) is 27.2 Å². The summed E-state index contributed by atoms with van der Waals surface area (Å²) < 4.78 is 0. The van der Waals surface area contributed by atoms with Gasteiger partial charge in [0.15, 0.2) is 0 Å². The zero-order chi connectivity index (χ0) is 14.7. The van der Waals surface area contributed by atoms with Crippen LogP contribution in [-0.4, -0.2) is 22.3 Å². The van der Waals surface area contributed by atoms with Crippen LogP contribution in [-0.2, 0) is 19.5 Å². The van der Waals surface area contributed by atoms with Crippen LogP contribution in [0.3, 0.4) is 0 Å². The highest BCUT2D eigenvalue weighted by molar-refractivity contribution is 5.93. The Bertz CT molecular complexity index is 639. The highest BCUT2D eigenvalue weighted by Crippen LogP contribution is 2.19. The molecule has 0 saturated heterocycles. The van der Waals surface area contributed by atoms with Gasteiger partial charge in [-0.1, -0.05) is 24.3 Å². The first-order valence-electron chi connectivity index (χ1n) is 7.01. The fourth-order valence-corrected chi connectivity index (χ4v) is 2.65. The first-order valence-corrected chi connectivity index (χ1v) is 7.01. The standard InChI is InChI=1S/C16H18N4O/c17-19-16(21)13-5-6-15(18-9-13)11-20-8-7-12-3-1-2-4-14(12)10-20/h1-6,9H,7-8,10-11,17H2,(H,19,21). The fraction of sp³-hybridized carbons (Fsp3) is 0.250. The zero-order valence-electron chi connectivity index (χ0n) is 11.7. The molecule has 0 aliphatic carbocycles. The van der Waals surface area contributed by atoms with E-state index in [-0.39, 0.29) is 5.91 Å². The van der Waals surface area contributed by atoms with E-state index < -0.39 is 0 Å². The maximum absolute atomic E-state index is 11.4. The summed E-state index contributed by atoms with van der Waals surface area (Å²) in [5.74, 6) is 4.78. The minimum absolute atomic E-state index is 0.319. The lowest BCUT2D eigenvalue weighted by molar-refractivity contribution is 0.0953. The van der Waals surface area contributed by atoms with E-state index >= 15 is 0 Å². The number of carbonyl (C=O) groups is 1. The van der Waals surface area contributed by atoms with Crippen LogP contribution in [0.5, 0.6) is 0 Å². The van der Waals surface area contributed by atoms with Crippen LogP contribution in [0.2, 0.25) is 0 Å². The number of amides is 1. The fourth-order valence-electron chi connectivity index (χ4n) is 2.65. The Balaban J connectivity index is 1.66. The first kappa shape index (κ1) is 13.7. The summed E-state index contributed by atoms with van der Waals surface area (Å²) in [5.41, 5.74) is 6.37. The monoisotopic (exact) mass is 282 g/mol. The van der Waals surface area contributed by atoms with Crippen molar-refractivity contribution >= 4 is 5.91 Å². The minimum atomic E-state index is -0.319. The average molecular weight is 282 g/mol. The number of pyridine rings is 1. The van der Waals surface area contributed by atoms with Gasteiger partial charge in [0.2, 0.25) is 0 Å². The predicted octanol–water partition coefficient (Wildman–Crippen LogP) is 1.24. The molecular weight excluding hydrogens is 264 g/mol. The van der Waals surface area contributed by atoms with Crippen molar-refractivity contribution in [3.05, 3.63) is 65.0 Å². The molecule has 0 saturated carbocycles. The van der Waals surface area contributed by atoms with E-state index in [4.69, 9.17) is 5.84 Å². The molecule has 0 spiro atoms. The molecule has 3 N–H and O–H groups in total. The van der Waals surface area contributed by atoms with Crippen LogP contribution < -0.4 is 11.3 Å². The van der Waals surface area contributed by atoms with E-state index in [1.807, 2.05) is 6.07 Å². The highest BCUT2D eigenvalue weighted by Gasteiger charge is 2.16. The molecule has 3 rings (SSSR count). The molecule has 5 nitrogen and oxygen atoms in total. The number of nitrogens with zero attached hydrogens (tertiary/aromatic N) is 2. The Morgan fingerprint density at radius 2 is 2.05 bits per heavy atom. The number of nitrogen functional groups attached to an aromatic ring is 1. The van der Waals surface area contributed by atoms with Crippen LogP contribution >= 0.6 is 0 Å². The summed E-state index contributed by atoms with van der Waals surface area (Å²) >= 11 is 0. The molecule has 1 aliphatic heterocycles. The number of hydrazine groups is 1. The van der Waals surface area contributed by atoms with Gasteiger partial charge in [-0.25, -0.2) is 5.84 Å². The van der Waals surface area contributed by atoms with Crippen molar-refractivity contribution in [1.29, 1.82) is 0 Å². The van der Waals surface area contributed by atoms with Gasteiger partial charge in [0.05, 0.1) is 11.3 Å². The van der Waals surface area contributed by atoms with Crippen LogP contribution in [0.15, 0.2) is 42.6 Å². The molecule has 5 heteroatoms. The second-order valence-electron chi connectivity index (χ2n) is 5.24. The van der Waals surface area contributed by atoms with Gasteiger partial charge in [-0.3, -0.25) is 20.1 Å². The summed E-state index contributed by atoms with van der Waals surface area (Å²) in [5, 5.41) is 0. The second kappa shape index (κ2) is 6.03. The zero-order valence-corrected chi connectivity index (χ0v) is 11.7. The molecular formula is C16H18N4O. The van der Waals surface area contributed by atoms with Crippen molar-refractivity contribution in [2.24, 2.45) is 5.84 Å². The van der Waals surface area contributed by atoms with Gasteiger partial charge in [-0.15, -0.1) is 0 Å². The third-order valence-electron chi connectivity index (χ3n) is 3.81. The van der Waals surface area contributed by atoms with Gasteiger partial charge in [0, 0.05) is 25.8 Å². The normalized spacial score (nSPS) is 14.5.